The van der Waals surface area contributed by atoms with E-state index in [9.17, 15) is 20.2 Å². The summed E-state index contributed by atoms with van der Waals surface area (Å²) in [6.45, 7) is 2.03. The molecule has 1 aromatic carbocycles. The quantitative estimate of drug-likeness (QED) is 0.679. The minimum atomic E-state index is -0.967. The molecule has 2 atom stereocenters. The summed E-state index contributed by atoms with van der Waals surface area (Å²) in [4.78, 5) is 23.1. The summed E-state index contributed by atoms with van der Waals surface area (Å²) < 4.78 is 5.03. The number of nitriles is 1. The Bertz CT molecular complexity index is 668. The second-order valence-electron chi connectivity index (χ2n) is 5.99. The average Bonchev–Trinajstić information content (AvgIpc) is 2.54. The van der Waals surface area contributed by atoms with Crippen LogP contribution in [0, 0.1) is 27.4 Å². The van der Waals surface area contributed by atoms with Crippen molar-refractivity contribution in [2.45, 2.75) is 38.1 Å². The van der Waals surface area contributed by atoms with Gasteiger partial charge >= 0.3 is 0 Å². The molecular weight excluding hydrogens is 298 g/mol. The van der Waals surface area contributed by atoms with E-state index < -0.39 is 16.4 Å². The molecule has 1 aromatic rings. The number of carbonyl (C=O) groups excluding carboxylic acids is 1. The lowest BCUT2D eigenvalue weighted by Crippen LogP contribution is -2.50. The second-order valence-corrected chi connectivity index (χ2v) is 5.99. The molecular formula is C16H19N3O4. The van der Waals surface area contributed by atoms with E-state index in [0.29, 0.717) is 24.5 Å². The molecule has 0 spiro atoms. The van der Waals surface area contributed by atoms with Crippen LogP contribution in [0.1, 0.15) is 43.0 Å². The summed E-state index contributed by atoms with van der Waals surface area (Å²) in [5.41, 5.74) is -1.37. The zero-order valence-electron chi connectivity index (χ0n) is 13.2. The number of nitrogens with one attached hydrogen (secondary N) is 1. The lowest BCUT2D eigenvalue weighted by atomic mass is 9.77. The van der Waals surface area contributed by atoms with Crippen molar-refractivity contribution in [2.75, 3.05) is 7.11 Å². The first-order valence-corrected chi connectivity index (χ1v) is 7.47. The number of nitro benzene ring substituents is 1. The Labute approximate surface area is 134 Å². The Morgan fingerprint density at radius 2 is 2.30 bits per heavy atom. The molecule has 122 valence electrons. The minimum Gasteiger partial charge on any atom is -0.497 e. The smallest absolute Gasteiger partial charge is 0.282 e. The van der Waals surface area contributed by atoms with Gasteiger partial charge in [-0.2, -0.15) is 5.26 Å². The van der Waals surface area contributed by atoms with Gasteiger partial charge in [-0.05, 0) is 37.3 Å². The molecule has 0 bridgehead atoms. The van der Waals surface area contributed by atoms with Gasteiger partial charge in [-0.25, -0.2) is 0 Å². The number of nitrogens with zero attached hydrogens (tertiary/aromatic N) is 2. The largest absolute Gasteiger partial charge is 0.497 e. The summed E-state index contributed by atoms with van der Waals surface area (Å²) in [6, 6.07) is 6.18. The van der Waals surface area contributed by atoms with E-state index in [2.05, 4.69) is 11.4 Å². The van der Waals surface area contributed by atoms with Gasteiger partial charge in [0.05, 0.1) is 18.1 Å². The Kier molecular flexibility index (Phi) is 4.84. The van der Waals surface area contributed by atoms with Crippen LogP contribution in [-0.2, 0) is 0 Å². The van der Waals surface area contributed by atoms with E-state index in [0.717, 1.165) is 12.8 Å². The van der Waals surface area contributed by atoms with Crippen LogP contribution in [0.5, 0.6) is 5.75 Å². The van der Waals surface area contributed by atoms with E-state index in [1.165, 1.54) is 25.3 Å². The summed E-state index contributed by atoms with van der Waals surface area (Å²) >= 11 is 0. The number of amides is 1. The normalized spacial score (nSPS) is 23.6. The lowest BCUT2D eigenvalue weighted by molar-refractivity contribution is -0.385. The predicted octanol–water partition coefficient (Wildman–Crippen LogP) is 2.81. The molecule has 1 N–H and O–H groups in total. The van der Waals surface area contributed by atoms with Crippen LogP contribution in [-0.4, -0.2) is 23.5 Å². The molecule has 1 amide bonds. The summed E-state index contributed by atoms with van der Waals surface area (Å²) in [5.74, 6) is 0.0546. The Hall–Kier alpha value is -2.62. The summed E-state index contributed by atoms with van der Waals surface area (Å²) in [6.07, 6.45) is 2.96. The lowest BCUT2D eigenvalue weighted by Gasteiger charge is -2.34. The van der Waals surface area contributed by atoms with Gasteiger partial charge in [-0.1, -0.05) is 13.3 Å². The summed E-state index contributed by atoms with van der Waals surface area (Å²) in [5, 5.41) is 23.4. The van der Waals surface area contributed by atoms with Crippen molar-refractivity contribution in [3.05, 3.63) is 33.9 Å². The van der Waals surface area contributed by atoms with Gasteiger partial charge in [0.25, 0.3) is 11.6 Å². The Morgan fingerprint density at radius 1 is 1.57 bits per heavy atom. The van der Waals surface area contributed by atoms with Gasteiger partial charge in [0.2, 0.25) is 0 Å². The molecule has 0 saturated heterocycles. The molecule has 2 rings (SSSR count). The molecule has 1 fully saturated rings. The standard InChI is InChI=1S/C16H19N3O4/c1-11-4-3-7-16(9-11,10-17)18-15(20)13-8-12(23-2)5-6-14(13)19(21)22/h5-6,8,11H,3-4,7,9H2,1-2H3,(H,18,20). The molecule has 0 heterocycles. The highest BCUT2D eigenvalue weighted by Gasteiger charge is 2.37. The van der Waals surface area contributed by atoms with E-state index in [1.807, 2.05) is 6.92 Å². The van der Waals surface area contributed by atoms with Gasteiger partial charge in [0.15, 0.2) is 0 Å². The van der Waals surface area contributed by atoms with Crippen LogP contribution < -0.4 is 10.1 Å². The van der Waals surface area contributed by atoms with E-state index in [-0.39, 0.29) is 11.3 Å². The number of rotatable bonds is 4. The zero-order valence-corrected chi connectivity index (χ0v) is 13.2. The number of carbonyl (C=O) groups is 1. The van der Waals surface area contributed by atoms with Crippen molar-refractivity contribution in [3.8, 4) is 11.8 Å². The number of methoxy groups -OCH3 is 1. The number of benzene rings is 1. The van der Waals surface area contributed by atoms with Gasteiger partial charge in [0.1, 0.15) is 16.9 Å². The summed E-state index contributed by atoms with van der Waals surface area (Å²) in [7, 11) is 1.42. The molecule has 7 heteroatoms. The van der Waals surface area contributed by atoms with Crippen LogP contribution in [0.15, 0.2) is 18.2 Å². The molecule has 0 radical (unpaired) electrons. The maximum absolute atomic E-state index is 12.6. The van der Waals surface area contributed by atoms with Gasteiger partial charge in [0, 0.05) is 6.07 Å². The first-order chi connectivity index (χ1) is 10.9. The highest BCUT2D eigenvalue weighted by atomic mass is 16.6. The van der Waals surface area contributed by atoms with Crippen LogP contribution in [0.2, 0.25) is 0 Å². The molecule has 0 aromatic heterocycles. The van der Waals surface area contributed by atoms with Crippen LogP contribution >= 0.6 is 0 Å². The fourth-order valence-corrected chi connectivity index (χ4v) is 3.06. The van der Waals surface area contributed by atoms with Crippen LogP contribution in [0.3, 0.4) is 0 Å². The zero-order chi connectivity index (χ0) is 17.0. The van der Waals surface area contributed by atoms with Gasteiger partial charge in [-0.15, -0.1) is 0 Å². The van der Waals surface area contributed by atoms with Crippen LogP contribution in [0.25, 0.3) is 0 Å². The minimum absolute atomic E-state index is 0.0952. The van der Waals surface area contributed by atoms with Gasteiger partial charge in [-0.3, -0.25) is 14.9 Å². The third-order valence-electron chi connectivity index (χ3n) is 4.21. The third kappa shape index (κ3) is 3.59. The SMILES string of the molecule is COc1ccc([N+](=O)[O-])c(C(=O)NC2(C#N)CCCC(C)C2)c1. The molecule has 23 heavy (non-hydrogen) atoms. The Morgan fingerprint density at radius 3 is 2.87 bits per heavy atom. The fraction of sp³-hybridized carbons (Fsp3) is 0.500. The number of hydrogen-bond donors (Lipinski definition) is 1. The first kappa shape index (κ1) is 16.7. The maximum atomic E-state index is 12.6. The predicted molar refractivity (Wildman–Crippen MR) is 83.1 cm³/mol. The monoisotopic (exact) mass is 317 g/mol. The highest BCUT2D eigenvalue weighted by Crippen LogP contribution is 2.33. The molecule has 2 unspecified atom stereocenters. The molecule has 7 nitrogen and oxygen atoms in total. The number of nitro groups is 1. The Balaban J connectivity index is 2.33. The van der Waals surface area contributed by atoms with Crippen LogP contribution in [0.4, 0.5) is 5.69 Å². The second kappa shape index (κ2) is 6.65. The molecule has 1 aliphatic rings. The highest BCUT2D eigenvalue weighted by molar-refractivity contribution is 5.99. The average molecular weight is 317 g/mol. The first-order valence-electron chi connectivity index (χ1n) is 7.47. The van der Waals surface area contributed by atoms with Gasteiger partial charge < -0.3 is 10.1 Å². The topological polar surface area (TPSA) is 105 Å². The van der Waals surface area contributed by atoms with Crippen molar-refractivity contribution in [1.29, 1.82) is 5.26 Å². The maximum Gasteiger partial charge on any atom is 0.282 e. The van der Waals surface area contributed by atoms with Crippen molar-refractivity contribution >= 4 is 11.6 Å². The number of ether oxygens (including phenoxy) is 1. The molecule has 0 aliphatic heterocycles. The van der Waals surface area contributed by atoms with E-state index in [1.54, 1.807) is 0 Å². The number of hydrogen-bond acceptors (Lipinski definition) is 5. The van der Waals surface area contributed by atoms with E-state index >= 15 is 0 Å². The van der Waals surface area contributed by atoms with Crippen molar-refractivity contribution in [1.82, 2.24) is 5.32 Å². The van der Waals surface area contributed by atoms with E-state index in [4.69, 9.17) is 4.74 Å². The fourth-order valence-electron chi connectivity index (χ4n) is 3.06. The van der Waals surface area contributed by atoms with Crippen molar-refractivity contribution in [2.24, 2.45) is 5.92 Å². The molecule has 1 saturated carbocycles. The van der Waals surface area contributed by atoms with Crippen molar-refractivity contribution in [3.63, 3.8) is 0 Å². The molecule has 1 aliphatic carbocycles. The van der Waals surface area contributed by atoms with Crippen molar-refractivity contribution < 1.29 is 14.5 Å². The third-order valence-corrected chi connectivity index (χ3v) is 4.21.